The molecule has 154 valence electrons. The minimum atomic E-state index is -1.13. The highest BCUT2D eigenvalue weighted by molar-refractivity contribution is 5.78. The maximum Gasteiger partial charge on any atom is 0.329 e. The van der Waals surface area contributed by atoms with Crippen molar-refractivity contribution in [3.8, 4) is 11.5 Å². The van der Waals surface area contributed by atoms with Crippen LogP contribution in [0, 0.1) is 0 Å². The van der Waals surface area contributed by atoms with Gasteiger partial charge in [0.25, 0.3) is 0 Å². The van der Waals surface area contributed by atoms with E-state index in [2.05, 4.69) is 20.6 Å². The van der Waals surface area contributed by atoms with E-state index in [0.717, 1.165) is 0 Å². The second-order valence-corrected chi connectivity index (χ2v) is 6.65. The highest BCUT2D eigenvalue weighted by atomic mass is 16.6. The first-order valence-corrected chi connectivity index (χ1v) is 9.06. The molecule has 2 aliphatic rings. The lowest BCUT2D eigenvalue weighted by molar-refractivity contribution is -0.143. The fraction of sp³-hybridized carbons (Fsp3) is 0.444. The number of aromatic nitrogens is 2. The van der Waals surface area contributed by atoms with Crippen LogP contribution in [-0.2, 0) is 23.8 Å². The Morgan fingerprint density at radius 1 is 1.17 bits per heavy atom. The van der Waals surface area contributed by atoms with Gasteiger partial charge in [-0.3, -0.25) is 4.79 Å². The number of carbonyl (C=O) groups excluding carboxylic acids is 1. The van der Waals surface area contributed by atoms with Crippen molar-refractivity contribution in [2.75, 3.05) is 31.7 Å². The third-order valence-electron chi connectivity index (χ3n) is 4.60. The lowest BCUT2D eigenvalue weighted by Crippen LogP contribution is -2.46. The largest absolute Gasteiger partial charge is 0.480 e. The van der Waals surface area contributed by atoms with Crippen LogP contribution in [-0.4, -0.2) is 77.7 Å². The highest BCUT2D eigenvalue weighted by Gasteiger charge is 2.48. The minimum Gasteiger partial charge on any atom is -0.480 e. The maximum absolute atomic E-state index is 11.9. The molecule has 2 aliphatic heterocycles. The van der Waals surface area contributed by atoms with Crippen molar-refractivity contribution in [3.05, 3.63) is 30.7 Å². The number of aliphatic carboxylic acids is 1. The van der Waals surface area contributed by atoms with Crippen molar-refractivity contribution < 1.29 is 33.3 Å². The van der Waals surface area contributed by atoms with Crippen LogP contribution in [0.1, 0.15) is 0 Å². The smallest absolute Gasteiger partial charge is 0.329 e. The molecule has 2 fully saturated rings. The highest BCUT2D eigenvalue weighted by Crippen LogP contribution is 2.29. The van der Waals surface area contributed by atoms with Crippen LogP contribution >= 0.6 is 0 Å². The van der Waals surface area contributed by atoms with Gasteiger partial charge in [-0.2, -0.15) is 0 Å². The van der Waals surface area contributed by atoms with E-state index in [9.17, 15) is 9.59 Å². The molecule has 4 unspecified atom stereocenters. The van der Waals surface area contributed by atoms with Crippen LogP contribution in [0.5, 0.6) is 0 Å². The number of amides is 1. The lowest BCUT2D eigenvalue weighted by Gasteiger charge is -2.18. The number of hydrogen-bond acceptors (Lipinski definition) is 9. The number of carboxylic acids is 1. The number of ether oxygens (including phenoxy) is 3. The molecule has 0 aliphatic carbocycles. The first-order chi connectivity index (χ1) is 14.1. The molecule has 11 heteroatoms. The van der Waals surface area contributed by atoms with Crippen molar-refractivity contribution in [1.29, 1.82) is 0 Å². The van der Waals surface area contributed by atoms with E-state index >= 15 is 0 Å². The molecule has 2 aromatic rings. The van der Waals surface area contributed by atoms with Gasteiger partial charge in [0.05, 0.1) is 31.6 Å². The summed E-state index contributed by atoms with van der Waals surface area (Å²) in [5.41, 5.74) is 0.654. The van der Waals surface area contributed by atoms with E-state index in [-0.39, 0.29) is 37.5 Å². The monoisotopic (exact) mass is 404 g/mol. The van der Waals surface area contributed by atoms with Crippen LogP contribution in [0.2, 0.25) is 0 Å². The molecule has 2 saturated heterocycles. The maximum atomic E-state index is 11.9. The lowest BCUT2D eigenvalue weighted by atomic mass is 10.1. The number of carbonyl (C=O) groups is 2. The zero-order chi connectivity index (χ0) is 20.2. The molecule has 0 spiro atoms. The third-order valence-corrected chi connectivity index (χ3v) is 4.60. The van der Waals surface area contributed by atoms with Gasteiger partial charge in [-0.05, 0) is 18.2 Å². The Balaban J connectivity index is 1.32. The first-order valence-electron chi connectivity index (χ1n) is 9.06. The van der Waals surface area contributed by atoms with Crippen molar-refractivity contribution in [3.63, 3.8) is 0 Å². The Bertz CT molecular complexity index is 860. The third kappa shape index (κ3) is 4.53. The Labute approximate surface area is 165 Å². The summed E-state index contributed by atoms with van der Waals surface area (Å²) in [6.07, 6.45) is 2.60. The second-order valence-electron chi connectivity index (χ2n) is 6.65. The molecule has 0 saturated carbocycles. The molecule has 29 heavy (non-hydrogen) atoms. The number of nitrogens with zero attached hydrogens (tertiary/aromatic N) is 2. The van der Waals surface area contributed by atoms with E-state index in [1.807, 2.05) is 6.07 Å². The zero-order valence-corrected chi connectivity index (χ0v) is 15.3. The summed E-state index contributed by atoms with van der Waals surface area (Å²) in [4.78, 5) is 31.0. The van der Waals surface area contributed by atoms with E-state index < -0.39 is 18.5 Å². The van der Waals surface area contributed by atoms with E-state index in [1.165, 1.54) is 0 Å². The SMILES string of the molecule is O=C(O)COCC(=O)NC1COC2C(Nc3nccc(-c4ccco4)n3)COC12. The molecule has 4 heterocycles. The Kier molecular flexibility index (Phi) is 5.69. The average molecular weight is 404 g/mol. The molecule has 4 atom stereocenters. The van der Waals surface area contributed by atoms with Crippen LogP contribution in [0.25, 0.3) is 11.5 Å². The van der Waals surface area contributed by atoms with Gasteiger partial charge in [0.1, 0.15) is 31.1 Å². The van der Waals surface area contributed by atoms with Crippen LogP contribution in [0.4, 0.5) is 5.95 Å². The van der Waals surface area contributed by atoms with E-state index in [0.29, 0.717) is 24.0 Å². The van der Waals surface area contributed by atoms with Crippen molar-refractivity contribution in [1.82, 2.24) is 15.3 Å². The molecule has 1 amide bonds. The summed E-state index contributed by atoms with van der Waals surface area (Å²) >= 11 is 0. The normalized spacial score (nSPS) is 25.5. The summed E-state index contributed by atoms with van der Waals surface area (Å²) in [5.74, 6) is -0.490. The summed E-state index contributed by atoms with van der Waals surface area (Å²) in [6.45, 7) is -0.216. The first kappa shape index (κ1) is 19.3. The topological polar surface area (TPSA) is 145 Å². The van der Waals surface area contributed by atoms with Gasteiger partial charge in [-0.1, -0.05) is 0 Å². The van der Waals surface area contributed by atoms with Crippen molar-refractivity contribution in [2.24, 2.45) is 0 Å². The quantitative estimate of drug-likeness (QED) is 0.545. The average Bonchev–Trinajstić information content (AvgIpc) is 3.42. The number of fused-ring (bicyclic) bond motifs is 1. The molecule has 0 bridgehead atoms. The molecular weight excluding hydrogens is 384 g/mol. The number of carboxylic acid groups (broad SMARTS) is 1. The predicted octanol–water partition coefficient (Wildman–Crippen LogP) is -0.0993. The van der Waals surface area contributed by atoms with Gasteiger partial charge in [-0.15, -0.1) is 0 Å². The molecular formula is C18H20N4O7. The summed E-state index contributed by atoms with van der Waals surface area (Å²) in [6, 6.07) is 4.82. The number of anilines is 1. The summed E-state index contributed by atoms with van der Waals surface area (Å²) < 4.78 is 21.8. The van der Waals surface area contributed by atoms with Gasteiger partial charge in [0, 0.05) is 6.20 Å². The second kappa shape index (κ2) is 8.55. The Morgan fingerprint density at radius 3 is 2.72 bits per heavy atom. The van der Waals surface area contributed by atoms with Crippen LogP contribution < -0.4 is 10.6 Å². The van der Waals surface area contributed by atoms with Gasteiger partial charge in [0.15, 0.2) is 5.76 Å². The molecule has 0 radical (unpaired) electrons. The van der Waals surface area contributed by atoms with E-state index in [1.54, 1.807) is 24.6 Å². The van der Waals surface area contributed by atoms with Crippen molar-refractivity contribution in [2.45, 2.75) is 24.3 Å². The van der Waals surface area contributed by atoms with Gasteiger partial charge >= 0.3 is 5.97 Å². The van der Waals surface area contributed by atoms with Crippen molar-refractivity contribution >= 4 is 17.8 Å². The van der Waals surface area contributed by atoms with Gasteiger partial charge < -0.3 is 34.4 Å². The number of nitrogens with one attached hydrogen (secondary N) is 2. The molecule has 4 rings (SSSR count). The van der Waals surface area contributed by atoms with Crippen LogP contribution in [0.15, 0.2) is 35.1 Å². The number of rotatable bonds is 8. The summed E-state index contributed by atoms with van der Waals surface area (Å²) in [7, 11) is 0. The Hall–Kier alpha value is -3.02. The number of hydrogen-bond donors (Lipinski definition) is 3. The molecule has 0 aromatic carbocycles. The van der Waals surface area contributed by atoms with E-state index in [4.69, 9.17) is 23.7 Å². The molecule has 11 nitrogen and oxygen atoms in total. The van der Waals surface area contributed by atoms with Crippen LogP contribution in [0.3, 0.4) is 0 Å². The Morgan fingerprint density at radius 2 is 1.97 bits per heavy atom. The molecule has 2 aromatic heterocycles. The zero-order valence-electron chi connectivity index (χ0n) is 15.3. The minimum absolute atomic E-state index is 0.183. The van der Waals surface area contributed by atoms with Gasteiger partial charge in [0.2, 0.25) is 11.9 Å². The fourth-order valence-corrected chi connectivity index (χ4v) is 3.38. The molecule has 3 N–H and O–H groups in total. The van der Waals surface area contributed by atoms with Gasteiger partial charge in [-0.25, -0.2) is 14.8 Å². The standard InChI is InChI=1S/C18H20N4O7/c23-14(8-26-9-15(24)25)20-11-6-28-17-12(7-29-16(11)17)22-18-19-4-3-10(21-18)13-2-1-5-27-13/h1-5,11-12,16-17H,6-9H2,(H,20,23)(H,24,25)(H,19,21,22). The number of furan rings is 1. The fourth-order valence-electron chi connectivity index (χ4n) is 3.38. The predicted molar refractivity (Wildman–Crippen MR) is 97.0 cm³/mol. The summed E-state index contributed by atoms with van der Waals surface area (Å²) in [5, 5.41) is 14.5.